The predicted octanol–water partition coefficient (Wildman–Crippen LogP) is 1.14. The van der Waals surface area contributed by atoms with Crippen LogP contribution in [0.15, 0.2) is 29.4 Å². The Labute approximate surface area is 185 Å². The van der Waals surface area contributed by atoms with Gasteiger partial charge in [0.15, 0.2) is 0 Å². The molecular formula is C20H26F2N6O3S. The van der Waals surface area contributed by atoms with Gasteiger partial charge in [-0.25, -0.2) is 17.2 Å². The molecule has 2 aromatic rings. The van der Waals surface area contributed by atoms with Crippen LogP contribution in [0.1, 0.15) is 36.0 Å². The minimum Gasteiger partial charge on any atom is -0.350 e. The maximum Gasteiger partial charge on any atom is 0.264 e. The van der Waals surface area contributed by atoms with Crippen molar-refractivity contribution in [2.45, 2.75) is 36.2 Å². The summed E-state index contributed by atoms with van der Waals surface area (Å²) in [6.07, 6.45) is 5.09. The van der Waals surface area contributed by atoms with Gasteiger partial charge in [-0.15, -0.1) is 5.10 Å². The number of amides is 1. The first-order valence-electron chi connectivity index (χ1n) is 10.6. The summed E-state index contributed by atoms with van der Waals surface area (Å²) in [6, 6.07) is 2.88. The third kappa shape index (κ3) is 4.39. The van der Waals surface area contributed by atoms with Gasteiger partial charge in [-0.05, 0) is 25.0 Å². The number of sulfonamides is 1. The molecular weight excluding hydrogens is 442 g/mol. The van der Waals surface area contributed by atoms with Crippen LogP contribution in [-0.2, 0) is 17.1 Å². The highest BCUT2D eigenvalue weighted by molar-refractivity contribution is 7.89. The number of nitrogens with zero attached hydrogens (tertiary/aromatic N) is 5. The summed E-state index contributed by atoms with van der Waals surface area (Å²) < 4.78 is 55.5. The van der Waals surface area contributed by atoms with Crippen LogP contribution < -0.4 is 5.32 Å². The number of halogens is 2. The molecule has 0 atom stereocenters. The predicted molar refractivity (Wildman–Crippen MR) is 111 cm³/mol. The zero-order valence-corrected chi connectivity index (χ0v) is 18.6. The number of nitrogens with one attached hydrogen (secondary N) is 1. The summed E-state index contributed by atoms with van der Waals surface area (Å²) in [5.74, 6) is -2.22. The van der Waals surface area contributed by atoms with Crippen molar-refractivity contribution in [3.05, 3.63) is 41.6 Å². The topological polar surface area (TPSA) is 100 Å². The van der Waals surface area contributed by atoms with Crippen molar-refractivity contribution in [3.8, 4) is 0 Å². The monoisotopic (exact) mass is 468 g/mol. The summed E-state index contributed by atoms with van der Waals surface area (Å²) in [5.41, 5.74) is -0.506. The van der Waals surface area contributed by atoms with Crippen LogP contribution in [0, 0.1) is 11.6 Å². The second-order valence-corrected chi connectivity index (χ2v) is 10.2. The van der Waals surface area contributed by atoms with Gasteiger partial charge >= 0.3 is 0 Å². The fraction of sp³-hybridized carbons (Fsp3) is 0.550. The van der Waals surface area contributed by atoms with Gasteiger partial charge in [0.25, 0.3) is 15.9 Å². The fourth-order valence-corrected chi connectivity index (χ4v) is 5.96. The average molecular weight is 469 g/mol. The van der Waals surface area contributed by atoms with Gasteiger partial charge in [-0.2, -0.15) is 4.31 Å². The number of carbonyl (C=O) groups excluding carboxylic acids is 1. The average Bonchev–Trinajstić information content (AvgIpc) is 3.42. The molecule has 0 radical (unpaired) electrons. The molecule has 0 spiro atoms. The number of aromatic nitrogens is 3. The van der Waals surface area contributed by atoms with Crippen molar-refractivity contribution < 1.29 is 22.0 Å². The molecule has 1 aromatic heterocycles. The first-order chi connectivity index (χ1) is 15.2. The van der Waals surface area contributed by atoms with Crippen LogP contribution in [0.3, 0.4) is 0 Å². The maximum absolute atomic E-state index is 14.0. The van der Waals surface area contributed by atoms with Gasteiger partial charge in [0, 0.05) is 51.4 Å². The van der Waals surface area contributed by atoms with Crippen molar-refractivity contribution in [2.24, 2.45) is 7.05 Å². The standard InChI is InChI=1S/C20H26F2N6O3S/c1-26-13-18(24-25-26)32(30,31)28-10-8-27(9-11-28)20(6-2-3-7-20)14-23-19(29)16-5-4-15(21)12-17(16)22/h4-5,12-13H,2-3,6-11,14H2,1H3,(H,23,29). The maximum atomic E-state index is 14.0. The molecule has 1 saturated carbocycles. The third-order valence-corrected chi connectivity index (χ3v) is 8.14. The zero-order chi connectivity index (χ0) is 22.9. The highest BCUT2D eigenvalue weighted by atomic mass is 32.2. The van der Waals surface area contributed by atoms with E-state index in [1.54, 1.807) is 7.05 Å². The highest BCUT2D eigenvalue weighted by Crippen LogP contribution is 2.36. The summed E-state index contributed by atoms with van der Waals surface area (Å²) >= 11 is 0. The minimum absolute atomic E-state index is 0.0717. The Kier molecular flexibility index (Phi) is 6.28. The van der Waals surface area contributed by atoms with Crippen LogP contribution in [0.4, 0.5) is 8.78 Å². The molecule has 1 saturated heterocycles. The van der Waals surface area contributed by atoms with Gasteiger partial charge in [0.2, 0.25) is 5.03 Å². The van der Waals surface area contributed by atoms with E-state index in [4.69, 9.17) is 0 Å². The van der Waals surface area contributed by atoms with E-state index < -0.39 is 27.6 Å². The Morgan fingerprint density at radius 2 is 1.84 bits per heavy atom. The van der Waals surface area contributed by atoms with E-state index >= 15 is 0 Å². The fourth-order valence-electron chi connectivity index (χ4n) is 4.63. The van der Waals surface area contributed by atoms with Crippen LogP contribution in [0.25, 0.3) is 0 Å². The quantitative estimate of drug-likeness (QED) is 0.683. The molecule has 12 heteroatoms. The number of aryl methyl sites for hydroxylation is 1. The number of hydrogen-bond acceptors (Lipinski definition) is 6. The number of piperazine rings is 1. The number of hydrogen-bond donors (Lipinski definition) is 1. The molecule has 9 nitrogen and oxygen atoms in total. The van der Waals surface area contributed by atoms with E-state index in [0.29, 0.717) is 38.8 Å². The zero-order valence-electron chi connectivity index (χ0n) is 17.8. The van der Waals surface area contributed by atoms with Gasteiger partial charge < -0.3 is 5.32 Å². The normalized spacial score (nSPS) is 19.8. The van der Waals surface area contributed by atoms with Crippen molar-refractivity contribution in [2.75, 3.05) is 32.7 Å². The van der Waals surface area contributed by atoms with E-state index in [9.17, 15) is 22.0 Å². The van der Waals surface area contributed by atoms with E-state index in [2.05, 4.69) is 20.5 Å². The largest absolute Gasteiger partial charge is 0.350 e. The van der Waals surface area contributed by atoms with E-state index in [0.717, 1.165) is 37.8 Å². The number of rotatable bonds is 6. The molecule has 2 fully saturated rings. The second kappa shape index (κ2) is 8.83. The van der Waals surface area contributed by atoms with E-state index in [-0.39, 0.29) is 16.1 Å². The lowest BCUT2D eigenvalue weighted by molar-refractivity contribution is 0.0538. The Morgan fingerprint density at radius 1 is 1.16 bits per heavy atom. The lowest BCUT2D eigenvalue weighted by Gasteiger charge is -2.45. The molecule has 0 bridgehead atoms. The SMILES string of the molecule is Cn1cc(S(=O)(=O)N2CCN(C3(CNC(=O)c4ccc(F)cc4F)CCCC3)CC2)nn1. The molecule has 1 amide bonds. The summed E-state index contributed by atoms with van der Waals surface area (Å²) in [5, 5.41) is 10.2. The molecule has 1 aliphatic heterocycles. The Morgan fingerprint density at radius 3 is 2.44 bits per heavy atom. The van der Waals surface area contributed by atoms with Crippen molar-refractivity contribution in [1.82, 2.24) is 29.5 Å². The Hall–Kier alpha value is -2.44. The first kappa shape index (κ1) is 22.7. The molecule has 0 unspecified atom stereocenters. The van der Waals surface area contributed by atoms with Gasteiger partial charge in [0.1, 0.15) is 11.6 Å². The minimum atomic E-state index is -3.71. The van der Waals surface area contributed by atoms with Crippen LogP contribution >= 0.6 is 0 Å². The molecule has 4 rings (SSSR count). The summed E-state index contributed by atoms with van der Waals surface area (Å²) in [4.78, 5) is 14.7. The van der Waals surface area contributed by atoms with Crippen molar-refractivity contribution in [3.63, 3.8) is 0 Å². The van der Waals surface area contributed by atoms with Crippen molar-refractivity contribution in [1.29, 1.82) is 0 Å². The smallest absolute Gasteiger partial charge is 0.264 e. The molecule has 1 aliphatic carbocycles. The highest BCUT2D eigenvalue weighted by Gasteiger charge is 2.42. The summed E-state index contributed by atoms with van der Waals surface area (Å²) in [7, 11) is -2.10. The third-order valence-electron chi connectivity index (χ3n) is 6.38. The molecule has 2 heterocycles. The molecule has 174 valence electrons. The van der Waals surface area contributed by atoms with E-state index in [1.807, 2.05) is 0 Å². The second-order valence-electron chi connectivity index (χ2n) is 8.36. The molecule has 1 N–H and O–H groups in total. The molecule has 2 aliphatic rings. The molecule has 32 heavy (non-hydrogen) atoms. The number of carbonyl (C=O) groups is 1. The summed E-state index contributed by atoms with van der Waals surface area (Å²) in [6.45, 7) is 1.96. The lowest BCUT2D eigenvalue weighted by Crippen LogP contribution is -2.60. The van der Waals surface area contributed by atoms with Crippen LogP contribution in [0.5, 0.6) is 0 Å². The van der Waals surface area contributed by atoms with Crippen LogP contribution in [0.2, 0.25) is 0 Å². The van der Waals surface area contributed by atoms with Gasteiger partial charge in [-0.1, -0.05) is 18.1 Å². The number of benzene rings is 1. The lowest BCUT2D eigenvalue weighted by atomic mass is 9.93. The Bertz CT molecular complexity index is 1090. The van der Waals surface area contributed by atoms with Crippen LogP contribution in [-0.4, -0.2) is 76.8 Å². The van der Waals surface area contributed by atoms with Gasteiger partial charge in [0.05, 0.1) is 11.8 Å². The van der Waals surface area contributed by atoms with Crippen molar-refractivity contribution >= 4 is 15.9 Å². The van der Waals surface area contributed by atoms with Gasteiger partial charge in [-0.3, -0.25) is 14.4 Å². The Balaban J connectivity index is 1.41. The van der Waals surface area contributed by atoms with E-state index in [1.165, 1.54) is 15.2 Å². The first-order valence-corrected chi connectivity index (χ1v) is 12.0. The molecule has 1 aromatic carbocycles.